The Bertz CT molecular complexity index is 273. The fourth-order valence-electron chi connectivity index (χ4n) is 1.47. The second kappa shape index (κ2) is 7.21. The Morgan fingerprint density at radius 1 is 1.50 bits per heavy atom. The van der Waals surface area contributed by atoms with E-state index in [4.69, 9.17) is 9.47 Å². The van der Waals surface area contributed by atoms with Crippen molar-refractivity contribution in [2.24, 2.45) is 0 Å². The van der Waals surface area contributed by atoms with Crippen molar-refractivity contribution in [1.29, 1.82) is 0 Å². The van der Waals surface area contributed by atoms with Crippen molar-refractivity contribution in [1.82, 2.24) is 5.32 Å². The fraction of sp³-hybridized carbons (Fsp3) is 1.00. The summed E-state index contributed by atoms with van der Waals surface area (Å²) in [6.07, 6.45) is 0.674. The van der Waals surface area contributed by atoms with E-state index in [1.54, 1.807) is 6.92 Å². The number of rotatable bonds is 7. The minimum absolute atomic E-state index is 0.108. The molecule has 0 aromatic heterocycles. The quantitative estimate of drug-likeness (QED) is 0.636. The zero-order valence-electron chi connectivity index (χ0n) is 9.78. The van der Waals surface area contributed by atoms with Crippen molar-refractivity contribution in [2.75, 3.05) is 44.4 Å². The topological polar surface area (TPSA) is 64.6 Å². The van der Waals surface area contributed by atoms with Gasteiger partial charge in [-0.25, -0.2) is 8.42 Å². The second-order valence-electron chi connectivity index (χ2n) is 3.86. The molecular weight excluding hydrogens is 230 g/mol. The Morgan fingerprint density at radius 3 is 2.94 bits per heavy atom. The summed E-state index contributed by atoms with van der Waals surface area (Å²) in [6.45, 7) is 5.12. The molecule has 1 aliphatic heterocycles. The second-order valence-corrected chi connectivity index (χ2v) is 6.33. The van der Waals surface area contributed by atoms with Gasteiger partial charge in [-0.1, -0.05) is 6.92 Å². The van der Waals surface area contributed by atoms with E-state index >= 15 is 0 Å². The molecule has 0 bridgehead atoms. The summed E-state index contributed by atoms with van der Waals surface area (Å²) in [7, 11) is -2.85. The van der Waals surface area contributed by atoms with Crippen LogP contribution in [0.1, 0.15) is 13.3 Å². The largest absolute Gasteiger partial charge is 0.379 e. The smallest absolute Gasteiger partial charge is 0.150 e. The number of morpholine rings is 1. The Labute approximate surface area is 97.4 Å². The van der Waals surface area contributed by atoms with Crippen LogP contribution in [0.4, 0.5) is 0 Å². The molecule has 6 heteroatoms. The third-order valence-electron chi connectivity index (χ3n) is 2.49. The maximum Gasteiger partial charge on any atom is 0.150 e. The van der Waals surface area contributed by atoms with Crippen molar-refractivity contribution in [3.05, 3.63) is 0 Å². The lowest BCUT2D eigenvalue weighted by Crippen LogP contribution is -2.41. The molecular formula is C10H21NO4S. The van der Waals surface area contributed by atoms with Crippen molar-refractivity contribution in [3.63, 3.8) is 0 Å². The van der Waals surface area contributed by atoms with Gasteiger partial charge >= 0.3 is 0 Å². The summed E-state index contributed by atoms with van der Waals surface area (Å²) in [5.41, 5.74) is 0. The molecule has 0 aliphatic carbocycles. The summed E-state index contributed by atoms with van der Waals surface area (Å²) < 4.78 is 33.2. The standard InChI is InChI=1S/C10H21NO4S/c1-2-16(12,13)7-3-5-14-9-10-8-11-4-6-15-10/h10-11H,2-9H2,1H3. The molecule has 1 saturated heterocycles. The zero-order valence-corrected chi connectivity index (χ0v) is 10.6. The van der Waals surface area contributed by atoms with Crippen LogP contribution in [-0.2, 0) is 19.3 Å². The van der Waals surface area contributed by atoms with Gasteiger partial charge in [-0.2, -0.15) is 0 Å². The molecule has 5 nitrogen and oxygen atoms in total. The van der Waals surface area contributed by atoms with Crippen LogP contribution < -0.4 is 5.32 Å². The Morgan fingerprint density at radius 2 is 2.31 bits per heavy atom. The lowest BCUT2D eigenvalue weighted by Gasteiger charge is -2.23. The molecule has 0 aromatic rings. The van der Waals surface area contributed by atoms with E-state index in [0.29, 0.717) is 19.6 Å². The van der Waals surface area contributed by atoms with Crippen LogP contribution in [0.2, 0.25) is 0 Å². The highest BCUT2D eigenvalue weighted by Crippen LogP contribution is 1.98. The van der Waals surface area contributed by atoms with Gasteiger partial charge in [0, 0.05) is 25.4 Å². The Kier molecular flexibility index (Phi) is 6.26. The number of nitrogens with one attached hydrogen (secondary N) is 1. The van der Waals surface area contributed by atoms with Gasteiger partial charge in [0.05, 0.1) is 25.1 Å². The summed E-state index contributed by atoms with van der Waals surface area (Å²) in [5, 5.41) is 3.21. The van der Waals surface area contributed by atoms with Crippen molar-refractivity contribution in [3.8, 4) is 0 Å². The molecule has 0 amide bonds. The Balaban J connectivity index is 1.99. The average Bonchev–Trinajstić information content (AvgIpc) is 2.30. The first-order valence-electron chi connectivity index (χ1n) is 5.74. The van der Waals surface area contributed by atoms with E-state index in [0.717, 1.165) is 19.7 Å². The van der Waals surface area contributed by atoms with Crippen LogP contribution in [0.3, 0.4) is 0 Å². The van der Waals surface area contributed by atoms with Crippen molar-refractivity contribution in [2.45, 2.75) is 19.4 Å². The van der Waals surface area contributed by atoms with Crippen LogP contribution in [0.25, 0.3) is 0 Å². The third-order valence-corrected chi connectivity index (χ3v) is 4.28. The van der Waals surface area contributed by atoms with Crippen LogP contribution >= 0.6 is 0 Å². The average molecular weight is 251 g/mol. The minimum Gasteiger partial charge on any atom is -0.379 e. The molecule has 0 saturated carbocycles. The van der Waals surface area contributed by atoms with Crippen LogP contribution in [0, 0.1) is 0 Å². The predicted octanol–water partition coefficient (Wildman–Crippen LogP) is -0.184. The van der Waals surface area contributed by atoms with Gasteiger partial charge < -0.3 is 14.8 Å². The van der Waals surface area contributed by atoms with Gasteiger partial charge in [-0.3, -0.25) is 0 Å². The first-order valence-corrected chi connectivity index (χ1v) is 7.56. The summed E-state index contributed by atoms with van der Waals surface area (Å²) >= 11 is 0. The summed E-state index contributed by atoms with van der Waals surface area (Å²) in [4.78, 5) is 0. The maximum atomic E-state index is 11.2. The summed E-state index contributed by atoms with van der Waals surface area (Å²) in [5.74, 6) is 0.427. The van der Waals surface area contributed by atoms with Gasteiger partial charge in [0.2, 0.25) is 0 Å². The van der Waals surface area contributed by atoms with Crippen LogP contribution in [-0.4, -0.2) is 58.9 Å². The number of hydrogen-bond acceptors (Lipinski definition) is 5. The Hall–Kier alpha value is -0.170. The van der Waals surface area contributed by atoms with E-state index in [-0.39, 0.29) is 17.6 Å². The molecule has 0 spiro atoms. The molecule has 1 N–H and O–H groups in total. The van der Waals surface area contributed by atoms with Gasteiger partial charge in [-0.15, -0.1) is 0 Å². The van der Waals surface area contributed by atoms with Crippen LogP contribution in [0.15, 0.2) is 0 Å². The highest BCUT2D eigenvalue weighted by molar-refractivity contribution is 7.91. The maximum absolute atomic E-state index is 11.2. The van der Waals surface area contributed by atoms with E-state index in [9.17, 15) is 8.42 Å². The zero-order chi connectivity index (χ0) is 11.9. The molecule has 0 aromatic carbocycles. The van der Waals surface area contributed by atoms with E-state index in [1.807, 2.05) is 0 Å². The number of sulfone groups is 1. The molecule has 1 atom stereocenters. The highest BCUT2D eigenvalue weighted by atomic mass is 32.2. The predicted molar refractivity (Wildman–Crippen MR) is 62.4 cm³/mol. The monoisotopic (exact) mass is 251 g/mol. The van der Waals surface area contributed by atoms with Crippen LogP contribution in [0.5, 0.6) is 0 Å². The van der Waals surface area contributed by atoms with Gasteiger partial charge in [0.15, 0.2) is 0 Å². The van der Waals surface area contributed by atoms with E-state index in [2.05, 4.69) is 5.32 Å². The first kappa shape index (κ1) is 13.9. The van der Waals surface area contributed by atoms with Gasteiger partial charge in [0.1, 0.15) is 9.84 Å². The van der Waals surface area contributed by atoms with Crippen molar-refractivity contribution >= 4 is 9.84 Å². The normalized spacial score (nSPS) is 22.2. The van der Waals surface area contributed by atoms with E-state index < -0.39 is 9.84 Å². The number of hydrogen-bond donors (Lipinski definition) is 1. The molecule has 1 rings (SSSR count). The molecule has 16 heavy (non-hydrogen) atoms. The molecule has 1 aliphatic rings. The highest BCUT2D eigenvalue weighted by Gasteiger charge is 2.13. The molecule has 0 radical (unpaired) electrons. The molecule has 96 valence electrons. The number of ether oxygens (including phenoxy) is 2. The summed E-state index contributed by atoms with van der Waals surface area (Å²) in [6, 6.07) is 0. The minimum atomic E-state index is -2.85. The van der Waals surface area contributed by atoms with Gasteiger partial charge in [-0.05, 0) is 6.42 Å². The molecule has 1 fully saturated rings. The fourth-order valence-corrected chi connectivity index (χ4v) is 2.31. The first-order chi connectivity index (χ1) is 7.64. The molecule has 1 heterocycles. The third kappa shape index (κ3) is 5.79. The SMILES string of the molecule is CCS(=O)(=O)CCCOCC1CNCCO1. The van der Waals surface area contributed by atoms with Gasteiger partial charge in [0.25, 0.3) is 0 Å². The van der Waals surface area contributed by atoms with Crippen molar-refractivity contribution < 1.29 is 17.9 Å². The molecule has 1 unspecified atom stereocenters. The lowest BCUT2D eigenvalue weighted by atomic mass is 10.3. The lowest BCUT2D eigenvalue weighted by molar-refractivity contribution is -0.0310. The van der Waals surface area contributed by atoms with E-state index in [1.165, 1.54) is 0 Å².